The molecule has 9 heteroatoms. The molecular weight excluding hydrogens is 366 g/mol. The number of benzene rings is 1. The summed E-state index contributed by atoms with van der Waals surface area (Å²) in [5.74, 6) is -1.16. The lowest BCUT2D eigenvalue weighted by Crippen LogP contribution is -2.46. The number of ether oxygens (including phenoxy) is 2. The van der Waals surface area contributed by atoms with E-state index in [1.54, 1.807) is 31.2 Å². The van der Waals surface area contributed by atoms with E-state index in [-0.39, 0.29) is 31.4 Å². The fourth-order valence-corrected chi connectivity index (χ4v) is 2.57. The second-order valence-electron chi connectivity index (χ2n) is 6.29. The van der Waals surface area contributed by atoms with E-state index in [4.69, 9.17) is 9.47 Å². The van der Waals surface area contributed by atoms with Crippen LogP contribution in [0.25, 0.3) is 0 Å². The first kappa shape index (κ1) is 21.2. The molecule has 0 radical (unpaired) electrons. The number of carbonyl (C=O) groups is 4. The van der Waals surface area contributed by atoms with Crippen molar-refractivity contribution in [2.75, 3.05) is 31.2 Å². The first-order valence-electron chi connectivity index (χ1n) is 9.17. The van der Waals surface area contributed by atoms with Gasteiger partial charge in [-0.15, -0.1) is 0 Å². The zero-order chi connectivity index (χ0) is 20.5. The summed E-state index contributed by atoms with van der Waals surface area (Å²) >= 11 is 0. The van der Waals surface area contributed by atoms with Gasteiger partial charge < -0.3 is 25.0 Å². The zero-order valence-corrected chi connectivity index (χ0v) is 16.0. The lowest BCUT2D eigenvalue weighted by Gasteiger charge is -2.28. The molecule has 0 spiro atoms. The molecule has 0 aliphatic carbocycles. The molecule has 28 heavy (non-hydrogen) atoms. The number of carbonyl (C=O) groups excluding carboxylic acids is 4. The molecule has 1 atom stereocenters. The molecule has 0 saturated carbocycles. The number of anilines is 1. The monoisotopic (exact) mass is 391 g/mol. The summed E-state index contributed by atoms with van der Waals surface area (Å²) in [5.41, 5.74) is 0.594. The van der Waals surface area contributed by atoms with Gasteiger partial charge in [-0.1, -0.05) is 19.1 Å². The van der Waals surface area contributed by atoms with Gasteiger partial charge in [0.2, 0.25) is 5.91 Å². The number of hydrogen-bond donors (Lipinski definition) is 2. The van der Waals surface area contributed by atoms with Crippen molar-refractivity contribution in [3.05, 3.63) is 24.3 Å². The Labute approximate surface area is 163 Å². The van der Waals surface area contributed by atoms with Gasteiger partial charge in [0, 0.05) is 13.1 Å². The Balaban J connectivity index is 1.75. The van der Waals surface area contributed by atoms with Crippen LogP contribution in [0.3, 0.4) is 0 Å². The quantitative estimate of drug-likeness (QED) is 0.588. The van der Waals surface area contributed by atoms with Crippen LogP contribution < -0.4 is 20.3 Å². The van der Waals surface area contributed by atoms with Crippen molar-refractivity contribution in [1.82, 2.24) is 10.6 Å². The van der Waals surface area contributed by atoms with Gasteiger partial charge in [0.15, 0.2) is 13.2 Å². The van der Waals surface area contributed by atoms with Crippen LogP contribution >= 0.6 is 0 Å². The number of hydrogen-bond acceptors (Lipinski definition) is 6. The van der Waals surface area contributed by atoms with Crippen LogP contribution in [0.5, 0.6) is 5.75 Å². The summed E-state index contributed by atoms with van der Waals surface area (Å²) in [6.07, 6.45) is 0.722. The molecule has 2 rings (SSSR count). The van der Waals surface area contributed by atoms with Crippen LogP contribution in [0.4, 0.5) is 5.69 Å². The summed E-state index contributed by atoms with van der Waals surface area (Å²) < 4.78 is 10.3. The smallest absolute Gasteiger partial charge is 0.308 e. The SMILES string of the molecule is CCCNC(=O)[C@@H](C)NC(=O)COC(=O)CCN1C(=O)COc2ccccc21. The Kier molecular flexibility index (Phi) is 7.79. The minimum Gasteiger partial charge on any atom is -0.482 e. The molecule has 1 aromatic rings. The minimum atomic E-state index is -0.722. The molecule has 1 heterocycles. The van der Waals surface area contributed by atoms with Gasteiger partial charge in [-0.05, 0) is 25.5 Å². The van der Waals surface area contributed by atoms with E-state index in [1.165, 1.54) is 4.90 Å². The Morgan fingerprint density at radius 3 is 2.79 bits per heavy atom. The van der Waals surface area contributed by atoms with Crippen LogP contribution in [0.2, 0.25) is 0 Å². The molecule has 3 amide bonds. The summed E-state index contributed by atoms with van der Waals surface area (Å²) in [5, 5.41) is 5.12. The number of nitrogens with zero attached hydrogens (tertiary/aromatic N) is 1. The average Bonchev–Trinajstić information content (AvgIpc) is 2.69. The van der Waals surface area contributed by atoms with Gasteiger partial charge in [0.25, 0.3) is 11.8 Å². The Morgan fingerprint density at radius 2 is 2.04 bits per heavy atom. The molecule has 0 fully saturated rings. The highest BCUT2D eigenvalue weighted by molar-refractivity contribution is 5.98. The molecule has 1 aliphatic rings. The van der Waals surface area contributed by atoms with Crippen molar-refractivity contribution in [2.24, 2.45) is 0 Å². The number of rotatable bonds is 9. The third-order valence-corrected chi connectivity index (χ3v) is 4.03. The molecule has 1 aromatic carbocycles. The van der Waals surface area contributed by atoms with Crippen LogP contribution in [0, 0.1) is 0 Å². The maximum atomic E-state index is 12.0. The van der Waals surface area contributed by atoms with E-state index in [0.29, 0.717) is 18.0 Å². The molecule has 0 saturated heterocycles. The second-order valence-corrected chi connectivity index (χ2v) is 6.29. The molecule has 0 unspecified atom stereocenters. The largest absolute Gasteiger partial charge is 0.482 e. The molecule has 9 nitrogen and oxygen atoms in total. The number of fused-ring (bicyclic) bond motifs is 1. The summed E-state index contributed by atoms with van der Waals surface area (Å²) in [7, 11) is 0. The summed E-state index contributed by atoms with van der Waals surface area (Å²) in [6.45, 7) is 3.54. The second kappa shape index (κ2) is 10.3. The topological polar surface area (TPSA) is 114 Å². The normalized spacial score (nSPS) is 13.8. The first-order valence-corrected chi connectivity index (χ1v) is 9.17. The lowest BCUT2D eigenvalue weighted by atomic mass is 10.2. The fourth-order valence-electron chi connectivity index (χ4n) is 2.57. The predicted molar refractivity (Wildman–Crippen MR) is 101 cm³/mol. The Morgan fingerprint density at radius 1 is 1.29 bits per heavy atom. The van der Waals surface area contributed by atoms with Crippen LogP contribution in [-0.4, -0.2) is 56.0 Å². The highest BCUT2D eigenvalue weighted by atomic mass is 16.5. The van der Waals surface area contributed by atoms with Crippen LogP contribution in [0.1, 0.15) is 26.7 Å². The van der Waals surface area contributed by atoms with Crippen LogP contribution in [-0.2, 0) is 23.9 Å². The standard InChI is InChI=1S/C19H25N3O6/c1-3-9-20-19(26)13(2)21-16(23)11-28-18(25)8-10-22-14-6-4-5-7-15(14)27-12-17(22)24/h4-7,13H,3,8-12H2,1-2H3,(H,20,26)(H,21,23)/t13-/m1/s1. The van der Waals surface area contributed by atoms with Crippen molar-refractivity contribution in [2.45, 2.75) is 32.7 Å². The molecule has 0 bridgehead atoms. The van der Waals surface area contributed by atoms with Crippen LogP contribution in [0.15, 0.2) is 24.3 Å². The van der Waals surface area contributed by atoms with Gasteiger partial charge in [-0.25, -0.2) is 0 Å². The van der Waals surface area contributed by atoms with E-state index in [2.05, 4.69) is 10.6 Å². The highest BCUT2D eigenvalue weighted by Crippen LogP contribution is 2.31. The average molecular weight is 391 g/mol. The third-order valence-electron chi connectivity index (χ3n) is 4.03. The van der Waals surface area contributed by atoms with E-state index in [9.17, 15) is 19.2 Å². The predicted octanol–water partition coefficient (Wildman–Crippen LogP) is 0.376. The third kappa shape index (κ3) is 5.97. The lowest BCUT2D eigenvalue weighted by molar-refractivity contribution is -0.148. The molecule has 2 N–H and O–H groups in total. The Bertz CT molecular complexity index is 736. The van der Waals surface area contributed by atoms with Crippen molar-refractivity contribution in [1.29, 1.82) is 0 Å². The minimum absolute atomic E-state index is 0.0695. The number of esters is 1. The van der Waals surface area contributed by atoms with Crippen molar-refractivity contribution < 1.29 is 28.7 Å². The molecular formula is C19H25N3O6. The van der Waals surface area contributed by atoms with Gasteiger partial charge >= 0.3 is 5.97 Å². The van der Waals surface area contributed by atoms with Crippen molar-refractivity contribution in [3.8, 4) is 5.75 Å². The number of nitrogens with one attached hydrogen (secondary N) is 2. The highest BCUT2D eigenvalue weighted by Gasteiger charge is 2.25. The number of para-hydroxylation sites is 2. The Hall–Kier alpha value is -3.10. The first-order chi connectivity index (χ1) is 13.4. The fraction of sp³-hybridized carbons (Fsp3) is 0.474. The molecule has 152 valence electrons. The van der Waals surface area contributed by atoms with Gasteiger partial charge in [0.1, 0.15) is 11.8 Å². The van der Waals surface area contributed by atoms with E-state index < -0.39 is 24.5 Å². The van der Waals surface area contributed by atoms with E-state index in [1.807, 2.05) is 6.92 Å². The van der Waals surface area contributed by atoms with Gasteiger partial charge in [0.05, 0.1) is 12.1 Å². The molecule has 0 aromatic heterocycles. The van der Waals surface area contributed by atoms with E-state index in [0.717, 1.165) is 6.42 Å². The van der Waals surface area contributed by atoms with Gasteiger partial charge in [-0.2, -0.15) is 0 Å². The summed E-state index contributed by atoms with van der Waals surface area (Å²) in [4.78, 5) is 48.9. The van der Waals surface area contributed by atoms with Crippen molar-refractivity contribution >= 4 is 29.4 Å². The maximum absolute atomic E-state index is 12.0. The number of amides is 3. The van der Waals surface area contributed by atoms with Crippen molar-refractivity contribution in [3.63, 3.8) is 0 Å². The van der Waals surface area contributed by atoms with Gasteiger partial charge in [-0.3, -0.25) is 19.2 Å². The van der Waals surface area contributed by atoms with E-state index >= 15 is 0 Å². The zero-order valence-electron chi connectivity index (χ0n) is 16.0. The molecule has 1 aliphatic heterocycles. The maximum Gasteiger partial charge on any atom is 0.308 e. The summed E-state index contributed by atoms with van der Waals surface area (Å²) in [6, 6.07) is 6.32.